The van der Waals surface area contributed by atoms with Crippen LogP contribution in [-0.4, -0.2) is 20.6 Å². The molecule has 0 unspecified atom stereocenters. The number of hydrogen-bond donors (Lipinski definition) is 0. The molecule has 1 amide bonds. The molecule has 3 aromatic carbocycles. The maximum absolute atomic E-state index is 13.7. The van der Waals surface area contributed by atoms with Gasteiger partial charge in [0.15, 0.2) is 0 Å². The Bertz CT molecular complexity index is 1380. The zero-order chi connectivity index (χ0) is 24.5. The number of aryl methyl sites for hydroxylation is 2. The number of benzene rings is 3. The minimum atomic E-state index is -2.67. The monoisotopic (exact) mass is 473 g/mol. The highest BCUT2D eigenvalue weighted by Gasteiger charge is 2.31. The minimum absolute atomic E-state index is 0.0721. The number of ether oxygens (including phenoxy) is 1. The van der Waals surface area contributed by atoms with Gasteiger partial charge in [0, 0.05) is 31.9 Å². The molecule has 7 heteroatoms. The van der Waals surface area contributed by atoms with E-state index in [9.17, 15) is 13.6 Å². The summed E-state index contributed by atoms with van der Waals surface area (Å²) in [5.41, 5.74) is 4.97. The molecule has 0 fully saturated rings. The predicted octanol–water partition coefficient (Wildman–Crippen LogP) is 6.54. The predicted molar refractivity (Wildman–Crippen MR) is 130 cm³/mol. The van der Waals surface area contributed by atoms with Crippen LogP contribution in [-0.2, 0) is 26.6 Å². The molecule has 0 aliphatic carbocycles. The van der Waals surface area contributed by atoms with Gasteiger partial charge in [-0.25, -0.2) is 8.78 Å². The number of fused-ring (bicyclic) bond motifs is 1. The highest BCUT2D eigenvalue weighted by atomic mass is 19.3. The van der Waals surface area contributed by atoms with Crippen LogP contribution in [0.3, 0.4) is 0 Å². The molecule has 0 N–H and O–H groups in total. The second-order valence-electron chi connectivity index (χ2n) is 8.68. The summed E-state index contributed by atoms with van der Waals surface area (Å²) in [4.78, 5) is 15.1. The van der Waals surface area contributed by atoms with Crippen molar-refractivity contribution in [3.63, 3.8) is 0 Å². The molecule has 0 radical (unpaired) electrons. The van der Waals surface area contributed by atoms with Crippen molar-refractivity contribution >= 4 is 5.91 Å². The summed E-state index contributed by atoms with van der Waals surface area (Å²) in [6.45, 7) is 2.79. The van der Waals surface area contributed by atoms with E-state index in [1.807, 2.05) is 56.7 Å². The Morgan fingerprint density at radius 3 is 2.46 bits per heavy atom. The lowest BCUT2D eigenvalue weighted by Gasteiger charge is -2.16. The average Bonchev–Trinajstić information content (AvgIpc) is 3.43. The Morgan fingerprint density at radius 1 is 1.00 bits per heavy atom. The molecule has 1 aromatic heterocycles. The summed E-state index contributed by atoms with van der Waals surface area (Å²) in [6.07, 6.45) is 1.74. The smallest absolute Gasteiger partial charge is 0.267 e. The normalized spacial score (nSPS) is 12.9. The van der Waals surface area contributed by atoms with E-state index < -0.39 is 6.43 Å². The van der Waals surface area contributed by atoms with E-state index in [0.717, 1.165) is 27.8 Å². The number of halogens is 2. The summed E-state index contributed by atoms with van der Waals surface area (Å²) in [6, 6.07) is 18.1. The van der Waals surface area contributed by atoms with E-state index in [4.69, 9.17) is 4.74 Å². The molecule has 5 nitrogen and oxygen atoms in total. The Kier molecular flexibility index (Phi) is 6.07. The first-order valence-corrected chi connectivity index (χ1v) is 11.5. The molecule has 1 aliphatic heterocycles. The molecule has 0 saturated carbocycles. The van der Waals surface area contributed by atoms with Crippen LogP contribution in [0, 0.1) is 0 Å². The van der Waals surface area contributed by atoms with E-state index in [1.54, 1.807) is 33.8 Å². The average molecular weight is 474 g/mol. The summed E-state index contributed by atoms with van der Waals surface area (Å²) in [5, 5.41) is 4.20. The number of hydrogen-bond acceptors (Lipinski definition) is 3. The SMILES string of the molecule is CCc1ccc(Oc2cccc3c2C(=O)N(Cc2ccc(-c4cnn(C)c4)cc2)C3)c(C(F)F)c1. The van der Waals surface area contributed by atoms with E-state index >= 15 is 0 Å². The van der Waals surface area contributed by atoms with Crippen LogP contribution in [0.15, 0.2) is 73.1 Å². The number of alkyl halides is 2. The van der Waals surface area contributed by atoms with Gasteiger partial charge in [-0.15, -0.1) is 0 Å². The lowest BCUT2D eigenvalue weighted by molar-refractivity contribution is 0.0765. The molecule has 0 spiro atoms. The van der Waals surface area contributed by atoms with Crippen molar-refractivity contribution in [2.45, 2.75) is 32.9 Å². The Labute approximate surface area is 202 Å². The molecule has 4 aromatic rings. The van der Waals surface area contributed by atoms with Gasteiger partial charge in [-0.2, -0.15) is 5.10 Å². The second kappa shape index (κ2) is 9.33. The summed E-state index contributed by atoms with van der Waals surface area (Å²) in [7, 11) is 1.88. The van der Waals surface area contributed by atoms with Gasteiger partial charge in [0.2, 0.25) is 0 Å². The van der Waals surface area contributed by atoms with Gasteiger partial charge < -0.3 is 9.64 Å². The number of carbonyl (C=O) groups is 1. The number of aromatic nitrogens is 2. The maximum atomic E-state index is 13.7. The van der Waals surface area contributed by atoms with Gasteiger partial charge in [0.25, 0.3) is 12.3 Å². The van der Waals surface area contributed by atoms with Gasteiger partial charge in [0.05, 0.1) is 17.3 Å². The molecule has 5 rings (SSSR count). The molecule has 0 atom stereocenters. The minimum Gasteiger partial charge on any atom is -0.456 e. The second-order valence-corrected chi connectivity index (χ2v) is 8.68. The Balaban J connectivity index is 1.36. The molecule has 0 bridgehead atoms. The third-order valence-electron chi connectivity index (χ3n) is 6.28. The molecule has 1 aliphatic rings. The number of nitrogens with zero attached hydrogens (tertiary/aromatic N) is 3. The van der Waals surface area contributed by atoms with Gasteiger partial charge in [-0.1, -0.05) is 49.4 Å². The van der Waals surface area contributed by atoms with Crippen LogP contribution < -0.4 is 4.74 Å². The standard InChI is InChI=1S/C28H25F2N3O2/c1-3-18-9-12-24(23(13-18)27(29)30)35-25-6-4-5-21-17-33(28(34)26(21)25)15-19-7-10-20(11-8-19)22-14-31-32(2)16-22/h4-14,16,27H,3,15,17H2,1-2H3. The van der Waals surface area contributed by atoms with Crippen molar-refractivity contribution < 1.29 is 18.3 Å². The van der Waals surface area contributed by atoms with Gasteiger partial charge in [-0.3, -0.25) is 9.48 Å². The van der Waals surface area contributed by atoms with Crippen molar-refractivity contribution in [3.8, 4) is 22.6 Å². The molecular weight excluding hydrogens is 448 g/mol. The summed E-state index contributed by atoms with van der Waals surface area (Å²) in [5.74, 6) is 0.201. The Hall–Kier alpha value is -4.00. The topological polar surface area (TPSA) is 47.4 Å². The third-order valence-corrected chi connectivity index (χ3v) is 6.28. The van der Waals surface area contributed by atoms with Gasteiger partial charge in [-0.05, 0) is 46.9 Å². The van der Waals surface area contributed by atoms with Crippen molar-refractivity contribution in [3.05, 3.63) is 101 Å². The lowest BCUT2D eigenvalue weighted by atomic mass is 10.1. The van der Waals surface area contributed by atoms with Crippen molar-refractivity contribution in [1.29, 1.82) is 0 Å². The largest absolute Gasteiger partial charge is 0.456 e. The highest BCUT2D eigenvalue weighted by Crippen LogP contribution is 2.38. The molecule has 0 saturated heterocycles. The van der Waals surface area contributed by atoms with E-state index in [0.29, 0.717) is 30.8 Å². The first-order valence-electron chi connectivity index (χ1n) is 11.5. The molecule has 2 heterocycles. The summed E-state index contributed by atoms with van der Waals surface area (Å²) < 4.78 is 35.0. The van der Waals surface area contributed by atoms with E-state index in [-0.39, 0.29) is 17.2 Å². The highest BCUT2D eigenvalue weighted by molar-refractivity contribution is 6.01. The molecular formula is C28H25F2N3O2. The van der Waals surface area contributed by atoms with Crippen LogP contribution in [0.5, 0.6) is 11.5 Å². The Morgan fingerprint density at radius 2 is 1.77 bits per heavy atom. The first-order chi connectivity index (χ1) is 16.9. The lowest BCUT2D eigenvalue weighted by Crippen LogP contribution is -2.23. The van der Waals surface area contributed by atoms with Crippen molar-refractivity contribution in [2.75, 3.05) is 0 Å². The fraction of sp³-hybridized carbons (Fsp3) is 0.214. The van der Waals surface area contributed by atoms with Crippen LogP contribution in [0.4, 0.5) is 8.78 Å². The molecule has 35 heavy (non-hydrogen) atoms. The fourth-order valence-electron chi connectivity index (χ4n) is 4.39. The van der Waals surface area contributed by atoms with Crippen LogP contribution >= 0.6 is 0 Å². The quantitative estimate of drug-likeness (QED) is 0.306. The number of carbonyl (C=O) groups excluding carboxylic acids is 1. The van der Waals surface area contributed by atoms with Crippen LogP contribution in [0.1, 0.15) is 46.0 Å². The maximum Gasteiger partial charge on any atom is 0.267 e. The van der Waals surface area contributed by atoms with Crippen molar-refractivity contribution in [1.82, 2.24) is 14.7 Å². The first kappa shape index (κ1) is 22.8. The van der Waals surface area contributed by atoms with E-state index in [1.165, 1.54) is 6.07 Å². The summed E-state index contributed by atoms with van der Waals surface area (Å²) >= 11 is 0. The fourth-order valence-corrected chi connectivity index (χ4v) is 4.39. The van der Waals surface area contributed by atoms with E-state index in [2.05, 4.69) is 5.10 Å². The molecule has 178 valence electrons. The van der Waals surface area contributed by atoms with Crippen LogP contribution in [0.2, 0.25) is 0 Å². The zero-order valence-electron chi connectivity index (χ0n) is 19.5. The van der Waals surface area contributed by atoms with Gasteiger partial charge in [0.1, 0.15) is 11.5 Å². The zero-order valence-corrected chi connectivity index (χ0v) is 19.5. The number of rotatable bonds is 7. The van der Waals surface area contributed by atoms with Gasteiger partial charge >= 0.3 is 0 Å². The van der Waals surface area contributed by atoms with Crippen molar-refractivity contribution in [2.24, 2.45) is 7.05 Å². The number of amides is 1. The third kappa shape index (κ3) is 4.54. The van der Waals surface area contributed by atoms with Crippen LogP contribution in [0.25, 0.3) is 11.1 Å².